The van der Waals surface area contributed by atoms with Gasteiger partial charge in [0, 0.05) is 18.3 Å². The largest absolute Gasteiger partial charge is 0.438 e. The highest BCUT2D eigenvalue weighted by molar-refractivity contribution is 5.80. The molecule has 0 spiro atoms. The van der Waals surface area contributed by atoms with E-state index in [-0.39, 0.29) is 10.7 Å². The molecule has 0 radical (unpaired) electrons. The lowest BCUT2D eigenvalue weighted by Crippen LogP contribution is -2.57. The van der Waals surface area contributed by atoms with Gasteiger partial charge in [-0.3, -0.25) is 9.48 Å². The molecule has 1 aromatic heterocycles. The number of nitrogens with zero attached hydrogens (tertiary/aromatic N) is 4. The summed E-state index contributed by atoms with van der Waals surface area (Å²) in [6, 6.07) is 1.02. The first-order valence-corrected chi connectivity index (χ1v) is 6.03. The summed E-state index contributed by atoms with van der Waals surface area (Å²) in [4.78, 5) is 11.9. The number of carbonyl (C=O) groups excluding carboxylic acids is 1. The van der Waals surface area contributed by atoms with Gasteiger partial charge in [-0.05, 0) is 13.0 Å². The van der Waals surface area contributed by atoms with E-state index in [2.05, 4.69) is 10.2 Å². The number of hydrazone groups is 1. The zero-order chi connectivity index (χ0) is 16.7. The molecule has 122 valence electrons. The quantitative estimate of drug-likeness (QED) is 0.858. The Labute approximate surface area is 120 Å². The molecule has 6 nitrogen and oxygen atoms in total. The minimum atomic E-state index is -5.10. The second-order valence-corrected chi connectivity index (χ2v) is 4.69. The lowest BCUT2D eigenvalue weighted by molar-refractivity contribution is -0.302. The molecular weight excluding hydrogens is 315 g/mol. The molecule has 0 saturated heterocycles. The van der Waals surface area contributed by atoms with Gasteiger partial charge < -0.3 is 5.11 Å². The molecule has 2 rings (SSSR count). The summed E-state index contributed by atoms with van der Waals surface area (Å²) in [6.07, 6.45) is -8.12. The van der Waals surface area contributed by atoms with Crippen LogP contribution in [0.2, 0.25) is 0 Å². The molecule has 0 bridgehead atoms. The van der Waals surface area contributed by atoms with Gasteiger partial charge in [-0.25, -0.2) is 8.78 Å². The molecule has 1 amide bonds. The van der Waals surface area contributed by atoms with E-state index >= 15 is 0 Å². The predicted molar refractivity (Wildman–Crippen MR) is 62.9 cm³/mol. The third-order valence-corrected chi connectivity index (χ3v) is 3.12. The van der Waals surface area contributed by atoms with Crippen LogP contribution in [0.5, 0.6) is 0 Å². The highest BCUT2D eigenvalue weighted by Crippen LogP contribution is 2.38. The highest BCUT2D eigenvalue weighted by atomic mass is 19.4. The van der Waals surface area contributed by atoms with Gasteiger partial charge >= 0.3 is 6.18 Å². The maximum absolute atomic E-state index is 12.8. The first-order valence-electron chi connectivity index (χ1n) is 6.03. The first-order chi connectivity index (χ1) is 10.1. The molecule has 1 aliphatic rings. The van der Waals surface area contributed by atoms with Crippen LogP contribution in [-0.4, -0.2) is 43.9 Å². The predicted octanol–water partition coefficient (Wildman–Crippen LogP) is 1.60. The van der Waals surface area contributed by atoms with Crippen molar-refractivity contribution in [2.75, 3.05) is 0 Å². The second-order valence-electron chi connectivity index (χ2n) is 4.69. The van der Waals surface area contributed by atoms with Gasteiger partial charge in [0.2, 0.25) is 0 Å². The van der Waals surface area contributed by atoms with Crippen molar-refractivity contribution in [1.29, 1.82) is 0 Å². The van der Waals surface area contributed by atoms with Gasteiger partial charge in [0.15, 0.2) is 0 Å². The minimum absolute atomic E-state index is 0.101. The molecule has 11 heteroatoms. The van der Waals surface area contributed by atoms with Gasteiger partial charge in [0.1, 0.15) is 12.2 Å². The smallest absolute Gasteiger partial charge is 0.362 e. The number of rotatable bonds is 3. The summed E-state index contributed by atoms with van der Waals surface area (Å²) in [5.74, 6) is -1.22. The van der Waals surface area contributed by atoms with Crippen LogP contribution >= 0.6 is 0 Å². The Morgan fingerprint density at radius 2 is 2.14 bits per heavy atom. The Balaban J connectivity index is 2.21. The van der Waals surface area contributed by atoms with E-state index in [1.165, 1.54) is 6.92 Å². The number of aromatic nitrogens is 2. The number of aliphatic hydroxyl groups is 1. The zero-order valence-electron chi connectivity index (χ0n) is 11.2. The fraction of sp³-hybridized carbons (Fsp3) is 0.545. The maximum Gasteiger partial charge on any atom is 0.438 e. The van der Waals surface area contributed by atoms with Crippen molar-refractivity contribution in [3.05, 3.63) is 17.5 Å². The fourth-order valence-electron chi connectivity index (χ4n) is 1.94. The van der Waals surface area contributed by atoms with Crippen molar-refractivity contribution >= 4 is 12.1 Å². The number of alkyl halides is 5. The third-order valence-electron chi connectivity index (χ3n) is 3.12. The van der Waals surface area contributed by atoms with Crippen LogP contribution in [0.1, 0.15) is 24.2 Å². The van der Waals surface area contributed by atoms with E-state index in [1.54, 1.807) is 0 Å². The molecule has 1 aliphatic heterocycles. The van der Waals surface area contributed by atoms with E-state index in [1.807, 2.05) is 0 Å². The Hall–Kier alpha value is -2.04. The minimum Gasteiger partial charge on any atom is -0.362 e. The van der Waals surface area contributed by atoms with Gasteiger partial charge in [-0.15, -0.1) is 0 Å². The zero-order valence-corrected chi connectivity index (χ0v) is 11.2. The van der Waals surface area contributed by atoms with Crippen molar-refractivity contribution in [1.82, 2.24) is 14.8 Å². The van der Waals surface area contributed by atoms with Gasteiger partial charge in [-0.1, -0.05) is 0 Å². The number of hydrogen-bond donors (Lipinski definition) is 1. The van der Waals surface area contributed by atoms with Crippen molar-refractivity contribution in [2.45, 2.75) is 38.2 Å². The van der Waals surface area contributed by atoms with Crippen LogP contribution in [0, 0.1) is 6.92 Å². The summed E-state index contributed by atoms with van der Waals surface area (Å²) in [6.45, 7) is 0.615. The first kappa shape index (κ1) is 16.3. The maximum atomic E-state index is 12.8. The topological polar surface area (TPSA) is 70.7 Å². The second kappa shape index (κ2) is 5.30. The standard InChI is InChI=1S/C11H11F5N4O2/c1-6-4-7(9(12)13)18-19(6)5-8(21)20-10(22,2-3-17-20)11(14,15)16/h3-4,9,22H,2,5H2,1H3/t10-/m0/s1. The SMILES string of the molecule is Cc1cc(C(F)F)nn1CC(=O)N1N=CC[C@]1(O)C(F)(F)F. The molecule has 2 heterocycles. The summed E-state index contributed by atoms with van der Waals surface area (Å²) >= 11 is 0. The Bertz CT molecular complexity index is 612. The summed E-state index contributed by atoms with van der Waals surface area (Å²) in [5.41, 5.74) is -3.86. The van der Waals surface area contributed by atoms with Crippen LogP contribution < -0.4 is 0 Å². The number of carbonyl (C=O) groups is 1. The van der Waals surface area contributed by atoms with Crippen LogP contribution in [0.4, 0.5) is 22.0 Å². The average Bonchev–Trinajstić information content (AvgIpc) is 2.94. The summed E-state index contributed by atoms with van der Waals surface area (Å²) in [7, 11) is 0. The Morgan fingerprint density at radius 1 is 1.50 bits per heavy atom. The highest BCUT2D eigenvalue weighted by Gasteiger charge is 2.61. The molecule has 0 unspecified atom stereocenters. The number of aryl methyl sites for hydroxylation is 1. The molecule has 0 fully saturated rings. The fourth-order valence-corrected chi connectivity index (χ4v) is 1.94. The Kier molecular flexibility index (Phi) is 3.94. The number of hydrogen-bond acceptors (Lipinski definition) is 4. The van der Waals surface area contributed by atoms with Crippen molar-refractivity contribution in [3.63, 3.8) is 0 Å². The molecule has 1 aromatic rings. The molecule has 1 atom stereocenters. The summed E-state index contributed by atoms with van der Waals surface area (Å²) in [5, 5.41) is 16.2. The van der Waals surface area contributed by atoms with Crippen molar-refractivity contribution in [2.24, 2.45) is 5.10 Å². The van der Waals surface area contributed by atoms with Gasteiger partial charge in [-0.2, -0.15) is 28.4 Å². The molecule has 0 aromatic carbocycles. The lowest BCUT2D eigenvalue weighted by atomic mass is 10.1. The van der Waals surface area contributed by atoms with E-state index in [0.717, 1.165) is 17.0 Å². The molecule has 0 saturated carbocycles. The normalized spacial score (nSPS) is 21.9. The number of halogens is 5. The van der Waals surface area contributed by atoms with Crippen LogP contribution in [0.25, 0.3) is 0 Å². The molecular formula is C11H11F5N4O2. The van der Waals surface area contributed by atoms with E-state index in [9.17, 15) is 31.9 Å². The van der Waals surface area contributed by atoms with E-state index < -0.39 is 42.9 Å². The summed E-state index contributed by atoms with van der Waals surface area (Å²) < 4.78 is 64.3. The van der Waals surface area contributed by atoms with Crippen LogP contribution in [-0.2, 0) is 11.3 Å². The average molecular weight is 326 g/mol. The van der Waals surface area contributed by atoms with Crippen molar-refractivity contribution in [3.8, 4) is 0 Å². The van der Waals surface area contributed by atoms with Gasteiger partial charge in [0.25, 0.3) is 18.1 Å². The monoisotopic (exact) mass is 326 g/mol. The lowest BCUT2D eigenvalue weighted by Gasteiger charge is -2.32. The van der Waals surface area contributed by atoms with Crippen molar-refractivity contribution < 1.29 is 31.9 Å². The van der Waals surface area contributed by atoms with E-state index in [4.69, 9.17) is 0 Å². The van der Waals surface area contributed by atoms with E-state index in [0.29, 0.717) is 0 Å². The van der Waals surface area contributed by atoms with Gasteiger partial charge in [0.05, 0.1) is 0 Å². The van der Waals surface area contributed by atoms with Crippen LogP contribution in [0.3, 0.4) is 0 Å². The number of amides is 1. The third kappa shape index (κ3) is 2.67. The molecule has 22 heavy (non-hydrogen) atoms. The molecule has 1 N–H and O–H groups in total. The molecule has 0 aliphatic carbocycles. The van der Waals surface area contributed by atoms with Crippen LogP contribution in [0.15, 0.2) is 11.2 Å². The Morgan fingerprint density at radius 3 is 2.64 bits per heavy atom.